The zero-order valence-electron chi connectivity index (χ0n) is 21.6. The number of amides is 1. The van der Waals surface area contributed by atoms with Crippen molar-refractivity contribution in [1.29, 1.82) is 0 Å². The number of carbonyl (C=O) groups is 1. The predicted octanol–water partition coefficient (Wildman–Crippen LogP) is 6.14. The van der Waals surface area contributed by atoms with Crippen LogP contribution >= 0.6 is 0 Å². The van der Waals surface area contributed by atoms with Crippen molar-refractivity contribution in [1.82, 2.24) is 15.2 Å². The van der Waals surface area contributed by atoms with Gasteiger partial charge in [0.1, 0.15) is 0 Å². The van der Waals surface area contributed by atoms with Crippen LogP contribution < -0.4 is 5.32 Å². The molecule has 0 unspecified atom stereocenters. The third kappa shape index (κ3) is 5.50. The van der Waals surface area contributed by atoms with Crippen LogP contribution in [0.3, 0.4) is 0 Å². The van der Waals surface area contributed by atoms with E-state index in [4.69, 9.17) is 0 Å². The van der Waals surface area contributed by atoms with E-state index in [-0.39, 0.29) is 5.91 Å². The smallest absolute Gasteiger partial charge is 0.232 e. The van der Waals surface area contributed by atoms with E-state index in [1.807, 2.05) is 27.8 Å². The van der Waals surface area contributed by atoms with Gasteiger partial charge in [0, 0.05) is 30.2 Å². The third-order valence-corrected chi connectivity index (χ3v) is 6.75. The fraction of sp³-hybridized carbons (Fsp3) is 0.483. The van der Waals surface area contributed by atoms with Gasteiger partial charge in [0.25, 0.3) is 0 Å². The normalized spacial score (nSPS) is 11.8. The van der Waals surface area contributed by atoms with E-state index < -0.39 is 5.41 Å². The van der Waals surface area contributed by atoms with Gasteiger partial charge in [0.2, 0.25) is 5.91 Å². The number of rotatable bonds is 10. The van der Waals surface area contributed by atoms with E-state index >= 15 is 0 Å². The molecule has 2 N–H and O–H groups in total. The van der Waals surface area contributed by atoms with Crippen molar-refractivity contribution < 1.29 is 4.79 Å². The molecule has 0 aliphatic carbocycles. The minimum atomic E-state index is -0.576. The molecule has 0 aliphatic rings. The summed E-state index contributed by atoms with van der Waals surface area (Å²) in [6.45, 7) is 15.3. The Hall–Kier alpha value is -2.59. The van der Waals surface area contributed by atoms with Gasteiger partial charge in [0.05, 0.1) is 5.41 Å². The molecule has 3 rings (SSSR count). The first-order valence-corrected chi connectivity index (χ1v) is 12.4. The number of unbranched alkanes of at least 4 members (excludes halogenated alkanes) is 1. The molecule has 0 saturated heterocycles. The largest absolute Gasteiger partial charge is 0.354 e. The summed E-state index contributed by atoms with van der Waals surface area (Å²) >= 11 is 0. The SMILES string of the molecule is CCCCNCCc1c(-c2cc(C)cc(C)c2)[nH]c2ccc(C(C)(C)C(=O)N(C)CC)cc12. The first-order valence-electron chi connectivity index (χ1n) is 12.4. The molecule has 0 bridgehead atoms. The van der Waals surface area contributed by atoms with Crippen molar-refractivity contribution in [3.8, 4) is 11.3 Å². The fourth-order valence-electron chi connectivity index (χ4n) is 4.65. The predicted molar refractivity (Wildman–Crippen MR) is 141 cm³/mol. The van der Waals surface area contributed by atoms with Crippen LogP contribution in [0.25, 0.3) is 22.2 Å². The molecule has 4 heteroatoms. The highest BCUT2D eigenvalue weighted by Crippen LogP contribution is 2.35. The number of aromatic amines is 1. The zero-order chi connectivity index (χ0) is 24.2. The highest BCUT2D eigenvalue weighted by Gasteiger charge is 2.32. The molecule has 0 spiro atoms. The van der Waals surface area contributed by atoms with Gasteiger partial charge in [-0.25, -0.2) is 0 Å². The number of nitrogens with zero attached hydrogens (tertiary/aromatic N) is 1. The Labute approximate surface area is 199 Å². The van der Waals surface area contributed by atoms with Crippen LogP contribution in [-0.2, 0) is 16.6 Å². The molecule has 4 nitrogen and oxygen atoms in total. The standard InChI is InChI=1S/C29H41N3O/c1-8-10-14-30-15-13-24-25-19-23(29(5,6)28(33)32(7)9-2)11-12-26(25)31-27(24)22-17-20(3)16-21(4)18-22/h11-12,16-19,30-31H,8-10,13-15H2,1-7H3. The Kier molecular flexibility index (Phi) is 8.01. The van der Waals surface area contributed by atoms with Crippen LogP contribution in [0.2, 0.25) is 0 Å². The van der Waals surface area contributed by atoms with Crippen LogP contribution in [0.1, 0.15) is 62.8 Å². The number of likely N-dealkylation sites (N-methyl/N-ethyl adjacent to an activating group) is 1. The summed E-state index contributed by atoms with van der Waals surface area (Å²) in [5, 5.41) is 4.82. The number of hydrogen-bond donors (Lipinski definition) is 2. The highest BCUT2D eigenvalue weighted by molar-refractivity contribution is 5.94. The number of benzene rings is 2. The summed E-state index contributed by atoms with van der Waals surface area (Å²) in [4.78, 5) is 18.6. The Balaban J connectivity index is 2.09. The van der Waals surface area contributed by atoms with Crippen molar-refractivity contribution in [3.63, 3.8) is 0 Å². The lowest BCUT2D eigenvalue weighted by atomic mass is 9.82. The maximum absolute atomic E-state index is 13.1. The molecule has 3 aromatic rings. The lowest BCUT2D eigenvalue weighted by Gasteiger charge is -2.29. The molecular formula is C29H41N3O. The van der Waals surface area contributed by atoms with Gasteiger partial charge in [-0.1, -0.05) is 36.6 Å². The molecule has 0 fully saturated rings. The number of hydrogen-bond acceptors (Lipinski definition) is 2. The van der Waals surface area contributed by atoms with E-state index in [1.54, 1.807) is 4.90 Å². The average Bonchev–Trinajstić information content (AvgIpc) is 3.15. The van der Waals surface area contributed by atoms with Crippen LogP contribution in [-0.4, -0.2) is 42.5 Å². The average molecular weight is 448 g/mol. The Bertz CT molecular complexity index is 1090. The van der Waals surface area contributed by atoms with Gasteiger partial charge in [0.15, 0.2) is 0 Å². The van der Waals surface area contributed by atoms with Crippen LogP contribution in [0, 0.1) is 13.8 Å². The van der Waals surface area contributed by atoms with E-state index in [0.29, 0.717) is 6.54 Å². The fourth-order valence-corrected chi connectivity index (χ4v) is 4.65. The van der Waals surface area contributed by atoms with Gasteiger partial charge in [-0.05, 0) is 102 Å². The molecule has 0 saturated carbocycles. The minimum absolute atomic E-state index is 0.150. The topological polar surface area (TPSA) is 48.1 Å². The van der Waals surface area contributed by atoms with Crippen molar-refractivity contribution >= 4 is 16.8 Å². The number of nitrogens with one attached hydrogen (secondary N) is 2. The summed E-state index contributed by atoms with van der Waals surface area (Å²) < 4.78 is 0. The zero-order valence-corrected chi connectivity index (χ0v) is 21.6. The maximum atomic E-state index is 13.1. The minimum Gasteiger partial charge on any atom is -0.354 e. The van der Waals surface area contributed by atoms with E-state index in [0.717, 1.165) is 30.6 Å². The Morgan fingerprint density at radius 3 is 2.36 bits per heavy atom. The van der Waals surface area contributed by atoms with Gasteiger partial charge >= 0.3 is 0 Å². The molecule has 1 aromatic heterocycles. The number of H-pyrrole nitrogens is 1. The van der Waals surface area contributed by atoms with Crippen LogP contribution in [0.4, 0.5) is 0 Å². The summed E-state index contributed by atoms with van der Waals surface area (Å²) in [6, 6.07) is 13.2. The van der Waals surface area contributed by atoms with Gasteiger partial charge < -0.3 is 15.2 Å². The number of carbonyl (C=O) groups excluding carboxylic acids is 1. The molecule has 1 heterocycles. The molecule has 0 atom stereocenters. The molecule has 178 valence electrons. The maximum Gasteiger partial charge on any atom is 0.232 e. The molecule has 0 aliphatic heterocycles. The summed E-state index contributed by atoms with van der Waals surface area (Å²) in [6.07, 6.45) is 3.34. The number of aryl methyl sites for hydroxylation is 2. The lowest BCUT2D eigenvalue weighted by molar-refractivity contribution is -0.134. The monoisotopic (exact) mass is 447 g/mol. The highest BCUT2D eigenvalue weighted by atomic mass is 16.2. The summed E-state index contributed by atoms with van der Waals surface area (Å²) in [7, 11) is 1.88. The second-order valence-electron chi connectivity index (χ2n) is 9.91. The third-order valence-electron chi connectivity index (χ3n) is 6.75. The van der Waals surface area contributed by atoms with Crippen LogP contribution in [0.15, 0.2) is 36.4 Å². The molecule has 33 heavy (non-hydrogen) atoms. The number of aromatic nitrogens is 1. The number of fused-ring (bicyclic) bond motifs is 1. The van der Waals surface area contributed by atoms with Crippen molar-refractivity contribution in [2.45, 2.75) is 66.2 Å². The van der Waals surface area contributed by atoms with Crippen molar-refractivity contribution in [2.24, 2.45) is 0 Å². The quantitative estimate of drug-likeness (QED) is 0.367. The molecule has 0 radical (unpaired) electrons. The Morgan fingerprint density at radius 2 is 1.73 bits per heavy atom. The second kappa shape index (κ2) is 10.6. The first-order chi connectivity index (χ1) is 15.7. The van der Waals surface area contributed by atoms with Crippen LogP contribution in [0.5, 0.6) is 0 Å². The van der Waals surface area contributed by atoms with Gasteiger partial charge in [-0.2, -0.15) is 0 Å². The molecule has 1 amide bonds. The van der Waals surface area contributed by atoms with E-state index in [9.17, 15) is 4.79 Å². The first kappa shape index (κ1) is 25.0. The van der Waals surface area contributed by atoms with E-state index in [1.165, 1.54) is 46.2 Å². The second-order valence-corrected chi connectivity index (χ2v) is 9.91. The molecule has 2 aromatic carbocycles. The van der Waals surface area contributed by atoms with E-state index in [2.05, 4.69) is 67.5 Å². The summed E-state index contributed by atoms with van der Waals surface area (Å²) in [5.41, 5.74) is 7.91. The van der Waals surface area contributed by atoms with Gasteiger partial charge in [-0.3, -0.25) is 4.79 Å². The van der Waals surface area contributed by atoms with Gasteiger partial charge in [-0.15, -0.1) is 0 Å². The lowest BCUT2D eigenvalue weighted by Crippen LogP contribution is -2.41. The summed E-state index contributed by atoms with van der Waals surface area (Å²) in [5.74, 6) is 0.150. The Morgan fingerprint density at radius 1 is 1.03 bits per heavy atom. The van der Waals surface area contributed by atoms with Crippen molar-refractivity contribution in [2.75, 3.05) is 26.7 Å². The van der Waals surface area contributed by atoms with Crippen molar-refractivity contribution in [3.05, 3.63) is 58.7 Å². The molecular weight excluding hydrogens is 406 g/mol.